The number of benzene rings is 1. The SMILES string of the molecule is CC1OCCC1CNC(=O)Nc1cccc(Cl)c1C(=O)O. The molecule has 1 aliphatic heterocycles. The highest BCUT2D eigenvalue weighted by Crippen LogP contribution is 2.24. The molecular formula is C14H17ClN2O4. The molecule has 1 heterocycles. The third-order valence-corrected chi connectivity index (χ3v) is 3.85. The molecule has 2 atom stereocenters. The Hall–Kier alpha value is -1.79. The number of amides is 2. The fourth-order valence-electron chi connectivity index (χ4n) is 2.28. The van der Waals surface area contributed by atoms with Crippen LogP contribution >= 0.6 is 11.6 Å². The minimum Gasteiger partial charge on any atom is -0.478 e. The van der Waals surface area contributed by atoms with Gasteiger partial charge < -0.3 is 20.5 Å². The number of ether oxygens (including phenoxy) is 1. The topological polar surface area (TPSA) is 87.7 Å². The van der Waals surface area contributed by atoms with Crippen LogP contribution < -0.4 is 10.6 Å². The van der Waals surface area contributed by atoms with Crippen molar-refractivity contribution in [2.45, 2.75) is 19.4 Å². The molecule has 1 aromatic carbocycles. The van der Waals surface area contributed by atoms with Gasteiger partial charge in [0.05, 0.1) is 16.8 Å². The van der Waals surface area contributed by atoms with Gasteiger partial charge in [0.1, 0.15) is 5.56 Å². The standard InChI is InChI=1S/C14H17ClN2O4/c1-8-9(5-6-21-8)7-16-14(20)17-11-4-2-3-10(15)12(11)13(18)19/h2-4,8-9H,5-7H2,1H3,(H,18,19)(H2,16,17,20). The summed E-state index contributed by atoms with van der Waals surface area (Å²) in [6.07, 6.45) is 1.02. The molecule has 0 bridgehead atoms. The van der Waals surface area contributed by atoms with E-state index in [9.17, 15) is 9.59 Å². The van der Waals surface area contributed by atoms with Crippen molar-refractivity contribution in [3.8, 4) is 0 Å². The molecule has 0 radical (unpaired) electrons. The molecule has 2 rings (SSSR count). The van der Waals surface area contributed by atoms with Crippen LogP contribution in [0.2, 0.25) is 5.02 Å². The maximum atomic E-state index is 11.9. The van der Waals surface area contributed by atoms with Gasteiger partial charge in [-0.25, -0.2) is 9.59 Å². The molecule has 114 valence electrons. The number of carbonyl (C=O) groups excluding carboxylic acids is 1. The molecule has 1 aliphatic rings. The number of carbonyl (C=O) groups is 2. The zero-order valence-electron chi connectivity index (χ0n) is 11.6. The van der Waals surface area contributed by atoms with E-state index in [1.54, 1.807) is 6.07 Å². The Morgan fingerprint density at radius 2 is 2.24 bits per heavy atom. The number of urea groups is 1. The predicted octanol–water partition coefficient (Wildman–Crippen LogP) is 2.58. The molecule has 1 aromatic rings. The summed E-state index contributed by atoms with van der Waals surface area (Å²) in [6, 6.07) is 4.08. The number of anilines is 1. The fourth-order valence-corrected chi connectivity index (χ4v) is 2.54. The van der Waals surface area contributed by atoms with Crippen LogP contribution in [0.3, 0.4) is 0 Å². The molecule has 0 spiro atoms. The van der Waals surface area contributed by atoms with E-state index in [1.807, 2.05) is 6.92 Å². The first-order valence-electron chi connectivity index (χ1n) is 6.67. The largest absolute Gasteiger partial charge is 0.478 e. The summed E-state index contributed by atoms with van der Waals surface area (Å²) in [6.45, 7) is 3.15. The summed E-state index contributed by atoms with van der Waals surface area (Å²) in [5.41, 5.74) is 0.0510. The molecule has 0 aromatic heterocycles. The maximum absolute atomic E-state index is 11.9. The second kappa shape index (κ2) is 6.78. The van der Waals surface area contributed by atoms with Crippen molar-refractivity contribution in [1.82, 2.24) is 5.32 Å². The van der Waals surface area contributed by atoms with Crippen LogP contribution in [0.1, 0.15) is 23.7 Å². The van der Waals surface area contributed by atoms with Crippen LogP contribution in [0.25, 0.3) is 0 Å². The molecule has 6 nitrogen and oxygen atoms in total. The van der Waals surface area contributed by atoms with E-state index < -0.39 is 12.0 Å². The predicted molar refractivity (Wildman–Crippen MR) is 79.0 cm³/mol. The van der Waals surface area contributed by atoms with Gasteiger partial charge in [0.25, 0.3) is 0 Å². The molecule has 21 heavy (non-hydrogen) atoms. The van der Waals surface area contributed by atoms with Crippen molar-refractivity contribution in [3.05, 3.63) is 28.8 Å². The first-order valence-corrected chi connectivity index (χ1v) is 7.05. The molecule has 2 amide bonds. The maximum Gasteiger partial charge on any atom is 0.339 e. The van der Waals surface area contributed by atoms with Gasteiger partial charge in [0.15, 0.2) is 0 Å². The molecule has 0 saturated carbocycles. The Balaban J connectivity index is 1.97. The number of carboxylic acids is 1. The summed E-state index contributed by atoms with van der Waals surface area (Å²) in [4.78, 5) is 23.0. The van der Waals surface area contributed by atoms with E-state index in [-0.39, 0.29) is 28.3 Å². The summed E-state index contributed by atoms with van der Waals surface area (Å²) in [7, 11) is 0. The van der Waals surface area contributed by atoms with E-state index in [0.29, 0.717) is 13.2 Å². The van der Waals surface area contributed by atoms with E-state index >= 15 is 0 Å². The number of carboxylic acid groups (broad SMARTS) is 1. The van der Waals surface area contributed by atoms with Crippen LogP contribution in [-0.4, -0.2) is 36.4 Å². The Morgan fingerprint density at radius 3 is 2.86 bits per heavy atom. The lowest BCUT2D eigenvalue weighted by molar-refractivity contribution is 0.0698. The number of hydrogen-bond donors (Lipinski definition) is 3. The molecule has 0 aliphatic carbocycles. The van der Waals surface area contributed by atoms with E-state index in [0.717, 1.165) is 6.42 Å². The van der Waals surface area contributed by atoms with Crippen molar-refractivity contribution in [3.63, 3.8) is 0 Å². The zero-order valence-corrected chi connectivity index (χ0v) is 12.3. The number of rotatable bonds is 4. The number of nitrogens with one attached hydrogen (secondary N) is 2. The van der Waals surface area contributed by atoms with Crippen molar-refractivity contribution in [1.29, 1.82) is 0 Å². The van der Waals surface area contributed by atoms with Crippen molar-refractivity contribution < 1.29 is 19.4 Å². The smallest absolute Gasteiger partial charge is 0.339 e. The number of aromatic carboxylic acids is 1. The lowest BCUT2D eigenvalue weighted by Gasteiger charge is -2.16. The number of halogens is 1. The van der Waals surface area contributed by atoms with Gasteiger partial charge in [-0.05, 0) is 25.5 Å². The lowest BCUT2D eigenvalue weighted by Crippen LogP contribution is -2.35. The van der Waals surface area contributed by atoms with Gasteiger partial charge in [-0.2, -0.15) is 0 Å². The summed E-state index contributed by atoms with van der Waals surface area (Å²) in [5, 5.41) is 14.4. The molecule has 1 saturated heterocycles. The monoisotopic (exact) mass is 312 g/mol. The second-order valence-corrected chi connectivity index (χ2v) is 5.33. The first kappa shape index (κ1) is 15.6. The van der Waals surface area contributed by atoms with Crippen LogP contribution in [0.4, 0.5) is 10.5 Å². The highest BCUT2D eigenvalue weighted by Gasteiger charge is 2.24. The highest BCUT2D eigenvalue weighted by atomic mass is 35.5. The summed E-state index contributed by atoms with van der Waals surface area (Å²) in [5.74, 6) is -0.914. The van der Waals surface area contributed by atoms with Crippen LogP contribution in [0, 0.1) is 5.92 Å². The first-order chi connectivity index (χ1) is 9.99. The van der Waals surface area contributed by atoms with E-state index in [2.05, 4.69) is 10.6 Å². The molecule has 3 N–H and O–H groups in total. The fraction of sp³-hybridized carbons (Fsp3) is 0.429. The minimum atomic E-state index is -1.19. The van der Waals surface area contributed by atoms with Crippen molar-refractivity contribution in [2.24, 2.45) is 5.92 Å². The van der Waals surface area contributed by atoms with Crippen molar-refractivity contribution in [2.75, 3.05) is 18.5 Å². The molecule has 2 unspecified atom stereocenters. The van der Waals surface area contributed by atoms with Gasteiger partial charge in [-0.3, -0.25) is 0 Å². The lowest BCUT2D eigenvalue weighted by atomic mass is 10.0. The van der Waals surface area contributed by atoms with Gasteiger partial charge in [0, 0.05) is 19.1 Å². The molecule has 7 heteroatoms. The van der Waals surface area contributed by atoms with Gasteiger partial charge in [0.2, 0.25) is 0 Å². The molecule has 1 fully saturated rings. The number of hydrogen-bond acceptors (Lipinski definition) is 3. The summed E-state index contributed by atoms with van der Waals surface area (Å²) >= 11 is 5.84. The highest BCUT2D eigenvalue weighted by molar-refractivity contribution is 6.34. The Labute approximate surface area is 127 Å². The quantitative estimate of drug-likeness (QED) is 0.797. The molecular weight excluding hydrogens is 296 g/mol. The third kappa shape index (κ3) is 3.86. The van der Waals surface area contributed by atoms with Crippen LogP contribution in [0.5, 0.6) is 0 Å². The minimum absolute atomic E-state index is 0.0816. The average molecular weight is 313 g/mol. The summed E-state index contributed by atoms with van der Waals surface area (Å²) < 4.78 is 5.42. The van der Waals surface area contributed by atoms with Gasteiger partial charge >= 0.3 is 12.0 Å². The van der Waals surface area contributed by atoms with Crippen molar-refractivity contribution >= 4 is 29.3 Å². The van der Waals surface area contributed by atoms with E-state index in [1.165, 1.54) is 12.1 Å². The third-order valence-electron chi connectivity index (χ3n) is 3.53. The van der Waals surface area contributed by atoms with Crippen LogP contribution in [-0.2, 0) is 4.74 Å². The van der Waals surface area contributed by atoms with E-state index in [4.69, 9.17) is 21.4 Å². The zero-order chi connectivity index (χ0) is 15.4. The van der Waals surface area contributed by atoms with Gasteiger partial charge in [-0.1, -0.05) is 17.7 Å². The Morgan fingerprint density at radius 1 is 1.48 bits per heavy atom. The van der Waals surface area contributed by atoms with Gasteiger partial charge in [-0.15, -0.1) is 0 Å². The average Bonchev–Trinajstić information content (AvgIpc) is 2.81. The Bertz CT molecular complexity index is 550. The Kier molecular flexibility index (Phi) is 5.03. The normalized spacial score (nSPS) is 21.0. The second-order valence-electron chi connectivity index (χ2n) is 4.93. The van der Waals surface area contributed by atoms with Crippen LogP contribution in [0.15, 0.2) is 18.2 Å².